The molecule has 0 saturated heterocycles. The standard InChI is InChI=1S/C16H13FN4O3/c1-24-13-3-2-10(8-12(13)17)9-21-15(11-4-6-18-7-5-11)14(16(22)23)19-20-21/h2-8H,9H2,1H3,(H,22,23). The number of rotatable bonds is 5. The molecule has 0 radical (unpaired) electrons. The fourth-order valence-corrected chi connectivity index (χ4v) is 2.34. The predicted octanol–water partition coefficient (Wildman–Crippen LogP) is 2.23. The van der Waals surface area contributed by atoms with Crippen LogP contribution in [-0.4, -0.2) is 38.2 Å². The summed E-state index contributed by atoms with van der Waals surface area (Å²) in [6.45, 7) is 0.166. The lowest BCUT2D eigenvalue weighted by Gasteiger charge is -2.09. The summed E-state index contributed by atoms with van der Waals surface area (Å²) in [6.07, 6.45) is 3.09. The van der Waals surface area contributed by atoms with E-state index in [1.54, 1.807) is 30.6 Å². The van der Waals surface area contributed by atoms with Crippen LogP contribution >= 0.6 is 0 Å². The van der Waals surface area contributed by atoms with Crippen LogP contribution in [0.3, 0.4) is 0 Å². The summed E-state index contributed by atoms with van der Waals surface area (Å²) in [5, 5.41) is 16.9. The van der Waals surface area contributed by atoms with E-state index in [1.807, 2.05) is 0 Å². The quantitative estimate of drug-likeness (QED) is 0.772. The van der Waals surface area contributed by atoms with Crippen molar-refractivity contribution in [2.45, 2.75) is 6.54 Å². The molecule has 1 aromatic carbocycles. The Morgan fingerprint density at radius 1 is 1.29 bits per heavy atom. The minimum atomic E-state index is -1.19. The number of carboxylic acids is 1. The molecule has 8 heteroatoms. The van der Waals surface area contributed by atoms with Crippen molar-refractivity contribution in [1.82, 2.24) is 20.0 Å². The second-order valence-electron chi connectivity index (χ2n) is 4.95. The molecule has 0 saturated carbocycles. The third-order valence-electron chi connectivity index (χ3n) is 3.44. The second kappa shape index (κ2) is 6.45. The van der Waals surface area contributed by atoms with Gasteiger partial charge in [-0.05, 0) is 29.8 Å². The van der Waals surface area contributed by atoms with E-state index in [0.29, 0.717) is 16.8 Å². The van der Waals surface area contributed by atoms with Gasteiger partial charge in [0.15, 0.2) is 17.3 Å². The number of hydrogen-bond donors (Lipinski definition) is 1. The Balaban J connectivity index is 2.03. The minimum absolute atomic E-state index is 0.137. The van der Waals surface area contributed by atoms with Gasteiger partial charge in [-0.3, -0.25) is 4.98 Å². The van der Waals surface area contributed by atoms with E-state index in [9.17, 15) is 14.3 Å². The summed E-state index contributed by atoms with van der Waals surface area (Å²) < 4.78 is 20.1. The zero-order valence-electron chi connectivity index (χ0n) is 12.7. The largest absolute Gasteiger partial charge is 0.494 e. The molecule has 0 spiro atoms. The zero-order chi connectivity index (χ0) is 17.1. The van der Waals surface area contributed by atoms with Crippen LogP contribution in [0, 0.1) is 5.82 Å². The van der Waals surface area contributed by atoms with Crippen LogP contribution in [-0.2, 0) is 6.54 Å². The Morgan fingerprint density at radius 3 is 2.67 bits per heavy atom. The number of aromatic carboxylic acids is 1. The number of aromatic nitrogens is 4. The topological polar surface area (TPSA) is 90.1 Å². The molecule has 0 unspecified atom stereocenters. The fraction of sp³-hybridized carbons (Fsp3) is 0.125. The van der Waals surface area contributed by atoms with Gasteiger partial charge in [-0.1, -0.05) is 11.3 Å². The smallest absolute Gasteiger partial charge is 0.358 e. The number of hydrogen-bond acceptors (Lipinski definition) is 5. The molecule has 0 fully saturated rings. The summed E-state index contributed by atoms with van der Waals surface area (Å²) in [6, 6.07) is 7.83. The van der Waals surface area contributed by atoms with E-state index in [1.165, 1.54) is 23.9 Å². The fourth-order valence-electron chi connectivity index (χ4n) is 2.34. The van der Waals surface area contributed by atoms with E-state index in [2.05, 4.69) is 15.3 Å². The number of benzene rings is 1. The number of pyridine rings is 1. The summed E-state index contributed by atoms with van der Waals surface area (Å²) in [5.41, 5.74) is 1.38. The molecule has 0 aliphatic rings. The maximum atomic E-state index is 13.8. The van der Waals surface area contributed by atoms with Gasteiger partial charge in [0, 0.05) is 18.0 Å². The van der Waals surface area contributed by atoms with Gasteiger partial charge in [0.25, 0.3) is 0 Å². The van der Waals surface area contributed by atoms with Gasteiger partial charge in [-0.15, -0.1) is 5.10 Å². The van der Waals surface area contributed by atoms with E-state index >= 15 is 0 Å². The van der Waals surface area contributed by atoms with Crippen molar-refractivity contribution in [2.24, 2.45) is 0 Å². The molecular formula is C16H13FN4O3. The molecule has 0 amide bonds. The number of carbonyl (C=O) groups is 1. The van der Waals surface area contributed by atoms with Crippen LogP contribution in [0.15, 0.2) is 42.7 Å². The molecule has 0 aliphatic carbocycles. The minimum Gasteiger partial charge on any atom is -0.494 e. The van der Waals surface area contributed by atoms with E-state index in [-0.39, 0.29) is 18.0 Å². The highest BCUT2D eigenvalue weighted by Gasteiger charge is 2.20. The van der Waals surface area contributed by atoms with Crippen LogP contribution in [0.4, 0.5) is 4.39 Å². The monoisotopic (exact) mass is 328 g/mol. The Kier molecular flexibility index (Phi) is 4.19. The highest BCUT2D eigenvalue weighted by Crippen LogP contribution is 2.24. The SMILES string of the molecule is COc1ccc(Cn2nnc(C(=O)O)c2-c2ccncc2)cc1F. The third kappa shape index (κ3) is 2.94. The molecule has 0 aliphatic heterocycles. The molecule has 122 valence electrons. The first-order chi connectivity index (χ1) is 11.6. The van der Waals surface area contributed by atoms with Gasteiger partial charge in [0.2, 0.25) is 0 Å². The molecule has 3 aromatic rings. The summed E-state index contributed by atoms with van der Waals surface area (Å²) in [7, 11) is 1.39. The zero-order valence-corrected chi connectivity index (χ0v) is 12.7. The highest BCUT2D eigenvalue weighted by atomic mass is 19.1. The van der Waals surface area contributed by atoms with E-state index < -0.39 is 11.8 Å². The molecule has 0 bridgehead atoms. The van der Waals surface area contributed by atoms with Crippen LogP contribution in [0.2, 0.25) is 0 Å². The molecule has 1 N–H and O–H groups in total. The maximum absolute atomic E-state index is 13.8. The van der Waals surface area contributed by atoms with E-state index in [4.69, 9.17) is 4.74 Å². The van der Waals surface area contributed by atoms with Crippen molar-refractivity contribution in [2.75, 3.05) is 7.11 Å². The van der Waals surface area contributed by atoms with Gasteiger partial charge in [-0.25, -0.2) is 13.9 Å². The number of carboxylic acid groups (broad SMARTS) is 1. The van der Waals surface area contributed by atoms with Crippen molar-refractivity contribution in [1.29, 1.82) is 0 Å². The number of nitrogens with zero attached hydrogens (tertiary/aromatic N) is 4. The van der Waals surface area contributed by atoms with Crippen LogP contribution in [0.1, 0.15) is 16.1 Å². The van der Waals surface area contributed by atoms with Crippen LogP contribution in [0.25, 0.3) is 11.3 Å². The number of methoxy groups -OCH3 is 1. The Bertz CT molecular complexity index is 880. The maximum Gasteiger partial charge on any atom is 0.358 e. The van der Waals surface area contributed by atoms with Gasteiger partial charge in [0.1, 0.15) is 5.69 Å². The molecule has 7 nitrogen and oxygen atoms in total. The van der Waals surface area contributed by atoms with Gasteiger partial charge in [0.05, 0.1) is 13.7 Å². The summed E-state index contributed by atoms with van der Waals surface area (Å²) >= 11 is 0. The molecule has 24 heavy (non-hydrogen) atoms. The average Bonchev–Trinajstić information content (AvgIpc) is 2.99. The first-order valence-corrected chi connectivity index (χ1v) is 6.99. The third-order valence-corrected chi connectivity index (χ3v) is 3.44. The summed E-state index contributed by atoms with van der Waals surface area (Å²) in [5.74, 6) is -1.55. The van der Waals surface area contributed by atoms with Gasteiger partial charge in [-0.2, -0.15) is 0 Å². The molecule has 0 atom stereocenters. The molecule has 3 rings (SSSR count). The van der Waals surface area contributed by atoms with Crippen molar-refractivity contribution < 1.29 is 19.0 Å². The Morgan fingerprint density at radius 2 is 2.04 bits per heavy atom. The Labute approximate surface area is 136 Å². The second-order valence-corrected chi connectivity index (χ2v) is 4.95. The number of halogens is 1. The Hall–Kier alpha value is -3.29. The molecule has 2 aromatic heterocycles. The average molecular weight is 328 g/mol. The van der Waals surface area contributed by atoms with Gasteiger partial charge < -0.3 is 9.84 Å². The van der Waals surface area contributed by atoms with Crippen molar-refractivity contribution in [3.8, 4) is 17.0 Å². The lowest BCUT2D eigenvalue weighted by molar-refractivity contribution is 0.0691. The molecule has 2 heterocycles. The summed E-state index contributed by atoms with van der Waals surface area (Å²) in [4.78, 5) is 15.3. The van der Waals surface area contributed by atoms with Crippen molar-refractivity contribution in [3.63, 3.8) is 0 Å². The first kappa shape index (κ1) is 15.6. The lowest BCUT2D eigenvalue weighted by Crippen LogP contribution is -2.06. The van der Waals surface area contributed by atoms with Crippen LogP contribution < -0.4 is 4.74 Å². The van der Waals surface area contributed by atoms with E-state index in [0.717, 1.165) is 0 Å². The highest BCUT2D eigenvalue weighted by molar-refractivity contribution is 5.92. The molecular weight excluding hydrogens is 315 g/mol. The first-order valence-electron chi connectivity index (χ1n) is 6.99. The number of ether oxygens (including phenoxy) is 1. The predicted molar refractivity (Wildman–Crippen MR) is 82.3 cm³/mol. The van der Waals surface area contributed by atoms with Crippen molar-refractivity contribution >= 4 is 5.97 Å². The lowest BCUT2D eigenvalue weighted by atomic mass is 10.1. The normalized spacial score (nSPS) is 10.6. The van der Waals surface area contributed by atoms with Crippen molar-refractivity contribution in [3.05, 3.63) is 59.8 Å². The van der Waals surface area contributed by atoms with Crippen LogP contribution in [0.5, 0.6) is 5.75 Å². The van der Waals surface area contributed by atoms with Gasteiger partial charge >= 0.3 is 5.97 Å².